The Morgan fingerprint density at radius 3 is 2.43 bits per heavy atom. The lowest BCUT2D eigenvalue weighted by Crippen LogP contribution is -2.56. The fourth-order valence-electron chi connectivity index (χ4n) is 5.28. The van der Waals surface area contributed by atoms with E-state index < -0.39 is 0 Å². The van der Waals surface area contributed by atoms with Crippen LogP contribution in [-0.2, 0) is 4.79 Å². The van der Waals surface area contributed by atoms with E-state index in [0.717, 1.165) is 64.3 Å². The van der Waals surface area contributed by atoms with Crippen molar-refractivity contribution in [1.82, 2.24) is 9.80 Å². The van der Waals surface area contributed by atoms with Crippen molar-refractivity contribution in [1.29, 1.82) is 0 Å². The molecule has 0 aromatic heterocycles. The van der Waals surface area contributed by atoms with E-state index in [-0.39, 0.29) is 0 Å². The van der Waals surface area contributed by atoms with Crippen LogP contribution in [0.1, 0.15) is 44.9 Å². The summed E-state index contributed by atoms with van der Waals surface area (Å²) in [5.41, 5.74) is 1.20. The molecule has 2 saturated heterocycles. The highest BCUT2D eigenvalue weighted by Crippen LogP contribution is 2.30. The van der Waals surface area contributed by atoms with Crippen molar-refractivity contribution in [3.05, 3.63) is 24.3 Å². The van der Waals surface area contributed by atoms with Gasteiger partial charge in [0.15, 0.2) is 0 Å². The van der Waals surface area contributed by atoms with Crippen molar-refractivity contribution in [2.24, 2.45) is 5.92 Å². The van der Waals surface area contributed by atoms with Crippen molar-refractivity contribution in [3.8, 4) is 5.75 Å². The number of likely N-dealkylation sites (tertiary alicyclic amines) is 1. The molecule has 1 amide bonds. The molecule has 5 heteroatoms. The molecule has 2 heterocycles. The van der Waals surface area contributed by atoms with Gasteiger partial charge in [-0.05, 0) is 37.8 Å². The standard InChI is InChI=1S/C23H35N3O2/c1-28-22-12-6-5-11-21(22)25-16-14-24(15-17-25)20-10-7-13-26(18-20)23(27)19-8-3-2-4-9-19/h5-6,11-12,19-20H,2-4,7-10,13-18H2,1H3. The summed E-state index contributed by atoms with van der Waals surface area (Å²) in [5, 5.41) is 0. The van der Waals surface area contributed by atoms with Gasteiger partial charge in [-0.3, -0.25) is 9.69 Å². The number of ether oxygens (including phenoxy) is 1. The van der Waals surface area contributed by atoms with Gasteiger partial charge in [0.2, 0.25) is 5.91 Å². The molecule has 5 nitrogen and oxygen atoms in total. The van der Waals surface area contributed by atoms with Gasteiger partial charge in [0.25, 0.3) is 0 Å². The number of methoxy groups -OCH3 is 1. The zero-order chi connectivity index (χ0) is 19.3. The molecule has 0 N–H and O–H groups in total. The number of carbonyl (C=O) groups excluding carboxylic acids is 1. The Balaban J connectivity index is 1.32. The molecule has 2 aliphatic heterocycles. The van der Waals surface area contributed by atoms with Crippen LogP contribution in [0, 0.1) is 5.92 Å². The molecule has 0 bridgehead atoms. The first-order valence-electron chi connectivity index (χ1n) is 11.2. The molecule has 1 aromatic rings. The van der Waals surface area contributed by atoms with Crippen molar-refractivity contribution in [3.63, 3.8) is 0 Å². The molecule has 1 aliphatic carbocycles. The van der Waals surface area contributed by atoms with E-state index in [2.05, 4.69) is 26.8 Å². The summed E-state index contributed by atoms with van der Waals surface area (Å²) >= 11 is 0. The van der Waals surface area contributed by atoms with Crippen molar-refractivity contribution in [2.75, 3.05) is 51.3 Å². The van der Waals surface area contributed by atoms with E-state index in [4.69, 9.17) is 4.74 Å². The number of hydrogen-bond donors (Lipinski definition) is 0. The monoisotopic (exact) mass is 385 g/mol. The van der Waals surface area contributed by atoms with Gasteiger partial charge >= 0.3 is 0 Å². The number of rotatable bonds is 4. The van der Waals surface area contributed by atoms with E-state index >= 15 is 0 Å². The first-order valence-corrected chi connectivity index (χ1v) is 11.2. The number of carbonyl (C=O) groups is 1. The predicted molar refractivity (Wildman–Crippen MR) is 113 cm³/mol. The Morgan fingerprint density at radius 1 is 0.929 bits per heavy atom. The number of piperidine rings is 1. The highest BCUT2D eigenvalue weighted by Gasteiger charge is 2.33. The number of para-hydroxylation sites is 2. The highest BCUT2D eigenvalue weighted by atomic mass is 16.5. The molecule has 1 atom stereocenters. The lowest BCUT2D eigenvalue weighted by molar-refractivity contribution is -0.138. The summed E-state index contributed by atoms with van der Waals surface area (Å²) in [4.78, 5) is 20.2. The molecular formula is C23H35N3O2. The molecule has 0 radical (unpaired) electrons. The molecule has 3 fully saturated rings. The average molecular weight is 386 g/mol. The summed E-state index contributed by atoms with van der Waals surface area (Å²) in [6.07, 6.45) is 8.37. The Kier molecular flexibility index (Phi) is 6.40. The lowest BCUT2D eigenvalue weighted by atomic mass is 9.87. The molecule has 28 heavy (non-hydrogen) atoms. The predicted octanol–water partition coefficient (Wildman–Crippen LogP) is 3.39. The summed E-state index contributed by atoms with van der Waals surface area (Å²) in [6, 6.07) is 8.83. The van der Waals surface area contributed by atoms with Crippen LogP contribution in [0.2, 0.25) is 0 Å². The number of hydrogen-bond acceptors (Lipinski definition) is 4. The number of anilines is 1. The van der Waals surface area contributed by atoms with Gasteiger partial charge in [-0.15, -0.1) is 0 Å². The third-order valence-corrected chi connectivity index (χ3v) is 6.92. The SMILES string of the molecule is COc1ccccc1N1CCN(C2CCCN(C(=O)C3CCCCC3)C2)CC1. The molecule has 4 rings (SSSR count). The van der Waals surface area contributed by atoms with Crippen molar-refractivity contribution >= 4 is 11.6 Å². The number of piperazine rings is 1. The minimum atomic E-state index is 0.301. The number of benzene rings is 1. The number of amides is 1. The summed E-state index contributed by atoms with van der Waals surface area (Å²) in [6.45, 7) is 6.07. The highest BCUT2D eigenvalue weighted by molar-refractivity contribution is 5.79. The van der Waals surface area contributed by atoms with Gasteiger partial charge in [0, 0.05) is 51.2 Å². The molecule has 0 spiro atoms. The fourth-order valence-corrected chi connectivity index (χ4v) is 5.28. The maximum absolute atomic E-state index is 13.0. The van der Waals surface area contributed by atoms with Gasteiger partial charge in [-0.2, -0.15) is 0 Å². The maximum atomic E-state index is 13.0. The Morgan fingerprint density at radius 2 is 1.68 bits per heavy atom. The Labute approximate surface area is 169 Å². The first-order chi connectivity index (χ1) is 13.8. The molecule has 3 aliphatic rings. The first kappa shape index (κ1) is 19.6. The second kappa shape index (κ2) is 9.17. The molecule has 154 valence electrons. The van der Waals surface area contributed by atoms with Crippen LogP contribution in [0.25, 0.3) is 0 Å². The van der Waals surface area contributed by atoms with Crippen LogP contribution >= 0.6 is 0 Å². The van der Waals surface area contributed by atoms with Crippen LogP contribution in [-0.4, -0.2) is 68.1 Å². The quantitative estimate of drug-likeness (QED) is 0.796. The van der Waals surface area contributed by atoms with Gasteiger partial charge in [-0.1, -0.05) is 31.4 Å². The normalized spacial score (nSPS) is 25.0. The van der Waals surface area contributed by atoms with Crippen LogP contribution in [0.5, 0.6) is 5.75 Å². The van der Waals surface area contributed by atoms with Gasteiger partial charge < -0.3 is 14.5 Å². The summed E-state index contributed by atoms with van der Waals surface area (Å²) < 4.78 is 5.54. The average Bonchev–Trinajstić information content (AvgIpc) is 2.79. The minimum Gasteiger partial charge on any atom is -0.495 e. The van der Waals surface area contributed by atoms with Crippen LogP contribution < -0.4 is 9.64 Å². The Bertz CT molecular complexity index is 651. The second-order valence-corrected chi connectivity index (χ2v) is 8.61. The van der Waals surface area contributed by atoms with E-state index in [1.54, 1.807) is 7.11 Å². The van der Waals surface area contributed by atoms with Gasteiger partial charge in [0.05, 0.1) is 12.8 Å². The zero-order valence-corrected chi connectivity index (χ0v) is 17.3. The topological polar surface area (TPSA) is 36.0 Å². The van der Waals surface area contributed by atoms with Crippen molar-refractivity contribution < 1.29 is 9.53 Å². The lowest BCUT2D eigenvalue weighted by Gasteiger charge is -2.44. The van der Waals surface area contributed by atoms with Gasteiger partial charge in [0.1, 0.15) is 5.75 Å². The van der Waals surface area contributed by atoms with Crippen LogP contribution in [0.4, 0.5) is 5.69 Å². The second-order valence-electron chi connectivity index (χ2n) is 8.61. The molecule has 1 aromatic carbocycles. The minimum absolute atomic E-state index is 0.301. The summed E-state index contributed by atoms with van der Waals surface area (Å²) in [5.74, 6) is 1.70. The Hall–Kier alpha value is -1.75. The number of nitrogens with zero attached hydrogens (tertiary/aromatic N) is 3. The van der Waals surface area contributed by atoms with Crippen molar-refractivity contribution in [2.45, 2.75) is 51.0 Å². The van der Waals surface area contributed by atoms with E-state index in [1.165, 1.54) is 31.4 Å². The largest absolute Gasteiger partial charge is 0.495 e. The van der Waals surface area contributed by atoms with Gasteiger partial charge in [-0.25, -0.2) is 0 Å². The maximum Gasteiger partial charge on any atom is 0.225 e. The smallest absolute Gasteiger partial charge is 0.225 e. The zero-order valence-electron chi connectivity index (χ0n) is 17.3. The summed E-state index contributed by atoms with van der Waals surface area (Å²) in [7, 11) is 1.75. The van der Waals surface area contributed by atoms with E-state index in [9.17, 15) is 4.79 Å². The van der Waals surface area contributed by atoms with E-state index in [0.29, 0.717) is 17.9 Å². The van der Waals surface area contributed by atoms with Crippen LogP contribution in [0.15, 0.2) is 24.3 Å². The van der Waals surface area contributed by atoms with E-state index in [1.807, 2.05) is 12.1 Å². The molecule has 1 unspecified atom stereocenters. The molecular weight excluding hydrogens is 350 g/mol. The fraction of sp³-hybridized carbons (Fsp3) is 0.696. The molecule has 1 saturated carbocycles. The van der Waals surface area contributed by atoms with Crippen LogP contribution in [0.3, 0.4) is 0 Å². The third kappa shape index (κ3) is 4.29. The third-order valence-electron chi connectivity index (χ3n) is 6.92.